The molecule has 0 aromatic carbocycles. The summed E-state index contributed by atoms with van der Waals surface area (Å²) < 4.78 is 68.9. The van der Waals surface area contributed by atoms with Crippen LogP contribution in [0.2, 0.25) is 0 Å². The molecule has 0 aromatic heterocycles. The number of carbonyl (C=O) groups excluding carboxylic acids is 4. The lowest BCUT2D eigenvalue weighted by Gasteiger charge is -2.21. The van der Waals surface area contributed by atoms with Crippen molar-refractivity contribution in [3.63, 3.8) is 0 Å². The SMILES string of the molecule is CCCCCCCCCCCCCCCCCCCCCCCCC(=O)O[C@H](COC(=O)CCCCCCCCCCCCCCCCCCC)COP(=O)(O)OC[C@@H](O)COP(=O)(O)OC[C@@H](COC(=O)CCCCCCCCCCC(C)C)OC(=O)CCCCCCCCCCCCCCCCCC. The molecule has 19 heteroatoms. The maximum absolute atomic E-state index is 13.2. The Hall–Kier alpha value is -1.94. The molecule has 0 saturated heterocycles. The quantitative estimate of drug-likeness (QED) is 0.0222. The summed E-state index contributed by atoms with van der Waals surface area (Å²) in [6, 6.07) is 0. The Labute approximate surface area is 651 Å². The van der Waals surface area contributed by atoms with E-state index in [0.29, 0.717) is 25.7 Å². The second-order valence-electron chi connectivity index (χ2n) is 31.8. The van der Waals surface area contributed by atoms with E-state index in [2.05, 4.69) is 34.6 Å². The number of aliphatic hydroxyl groups is 1. The average molecular weight is 1550 g/mol. The van der Waals surface area contributed by atoms with Crippen molar-refractivity contribution in [3.05, 3.63) is 0 Å². The fraction of sp³-hybridized carbons (Fsp3) is 0.954. The number of phosphoric acid groups is 2. The molecule has 630 valence electrons. The number of aliphatic hydroxyl groups excluding tert-OH is 1. The molecule has 0 radical (unpaired) electrons. The van der Waals surface area contributed by atoms with Gasteiger partial charge in [0, 0.05) is 25.7 Å². The summed E-state index contributed by atoms with van der Waals surface area (Å²) in [6.07, 6.45) is 73.7. The molecule has 0 aliphatic carbocycles. The van der Waals surface area contributed by atoms with Crippen LogP contribution >= 0.6 is 15.6 Å². The number of phosphoric ester groups is 2. The van der Waals surface area contributed by atoms with Crippen LogP contribution in [0.25, 0.3) is 0 Å². The van der Waals surface area contributed by atoms with Gasteiger partial charge in [-0.3, -0.25) is 37.3 Å². The predicted octanol–water partition coefficient (Wildman–Crippen LogP) is 26.8. The van der Waals surface area contributed by atoms with Crippen LogP contribution in [0.5, 0.6) is 0 Å². The standard InChI is InChI=1S/C87H170O17P2/c1-6-9-12-15-18-21-24-27-30-33-34-35-36-37-39-42-45-48-51-58-63-68-73-86(91)103-82(76-97-84(89)70-65-60-55-49-46-43-41-38-31-28-25-22-19-16-13-10-7-2)78-101-105(93,94)99-74-81(88)75-100-106(95,96)102-79-83(77-98-85(90)71-66-61-56-53-52-54-59-64-69-80(4)5)104-87(92)72-67-62-57-50-47-44-40-32-29-26-23-20-17-14-11-8-3/h80-83,88H,6-79H2,1-5H3,(H,93,94)(H,95,96)/t81-,82-,83-/m1/s1. The van der Waals surface area contributed by atoms with E-state index in [9.17, 15) is 43.2 Å². The van der Waals surface area contributed by atoms with Gasteiger partial charge in [-0.2, -0.15) is 0 Å². The Morgan fingerprint density at radius 3 is 0.642 bits per heavy atom. The van der Waals surface area contributed by atoms with Gasteiger partial charge in [0.15, 0.2) is 12.2 Å². The molecule has 0 spiro atoms. The Bertz CT molecular complexity index is 2010. The van der Waals surface area contributed by atoms with Crippen molar-refractivity contribution in [2.24, 2.45) is 5.92 Å². The maximum atomic E-state index is 13.2. The second-order valence-corrected chi connectivity index (χ2v) is 34.7. The Kier molecular flexibility index (Phi) is 78.2. The molecule has 0 aliphatic rings. The fourth-order valence-corrected chi connectivity index (χ4v) is 15.2. The highest BCUT2D eigenvalue weighted by Crippen LogP contribution is 2.45. The molecule has 17 nitrogen and oxygen atoms in total. The van der Waals surface area contributed by atoms with Crippen LogP contribution in [0, 0.1) is 5.92 Å². The van der Waals surface area contributed by atoms with Crippen LogP contribution in [-0.2, 0) is 65.4 Å². The molecule has 0 heterocycles. The lowest BCUT2D eigenvalue weighted by atomic mass is 10.0. The number of hydrogen-bond acceptors (Lipinski definition) is 15. The Morgan fingerprint density at radius 1 is 0.255 bits per heavy atom. The van der Waals surface area contributed by atoms with Gasteiger partial charge < -0.3 is 33.8 Å². The molecule has 0 saturated carbocycles. The minimum atomic E-state index is -4.97. The van der Waals surface area contributed by atoms with Crippen LogP contribution in [0.1, 0.15) is 471 Å². The zero-order valence-corrected chi connectivity index (χ0v) is 71.4. The van der Waals surface area contributed by atoms with Crippen molar-refractivity contribution in [1.82, 2.24) is 0 Å². The summed E-state index contributed by atoms with van der Waals surface area (Å²) >= 11 is 0. The third-order valence-corrected chi connectivity index (χ3v) is 22.4. The summed E-state index contributed by atoms with van der Waals surface area (Å²) in [5.74, 6) is -1.37. The molecule has 106 heavy (non-hydrogen) atoms. The highest BCUT2D eigenvalue weighted by molar-refractivity contribution is 7.47. The van der Waals surface area contributed by atoms with Gasteiger partial charge in [-0.25, -0.2) is 9.13 Å². The molecule has 0 aliphatic heterocycles. The predicted molar refractivity (Wildman–Crippen MR) is 437 cm³/mol. The highest BCUT2D eigenvalue weighted by Gasteiger charge is 2.30. The van der Waals surface area contributed by atoms with E-state index in [1.54, 1.807) is 0 Å². The van der Waals surface area contributed by atoms with Crippen LogP contribution in [0.4, 0.5) is 0 Å². The molecule has 0 aromatic rings. The molecule has 0 amide bonds. The summed E-state index contributed by atoms with van der Waals surface area (Å²) in [7, 11) is -9.93. The second kappa shape index (κ2) is 79.7. The molecule has 0 bridgehead atoms. The van der Waals surface area contributed by atoms with E-state index in [4.69, 9.17) is 37.0 Å². The first-order valence-electron chi connectivity index (χ1n) is 45.1. The van der Waals surface area contributed by atoms with Crippen LogP contribution in [-0.4, -0.2) is 96.7 Å². The van der Waals surface area contributed by atoms with E-state index in [0.717, 1.165) is 95.8 Å². The van der Waals surface area contributed by atoms with Crippen molar-refractivity contribution in [1.29, 1.82) is 0 Å². The minimum Gasteiger partial charge on any atom is -0.462 e. The lowest BCUT2D eigenvalue weighted by molar-refractivity contribution is -0.161. The number of carbonyl (C=O) groups is 4. The number of ether oxygens (including phenoxy) is 4. The summed E-state index contributed by atoms with van der Waals surface area (Å²) in [5, 5.41) is 10.7. The smallest absolute Gasteiger partial charge is 0.462 e. The maximum Gasteiger partial charge on any atom is 0.472 e. The monoisotopic (exact) mass is 1550 g/mol. The topological polar surface area (TPSA) is 237 Å². The van der Waals surface area contributed by atoms with E-state index in [-0.39, 0.29) is 25.7 Å². The number of esters is 4. The van der Waals surface area contributed by atoms with Crippen LogP contribution < -0.4 is 0 Å². The third-order valence-electron chi connectivity index (χ3n) is 20.5. The molecular weight excluding hydrogens is 1380 g/mol. The largest absolute Gasteiger partial charge is 0.472 e. The summed E-state index contributed by atoms with van der Waals surface area (Å²) in [4.78, 5) is 73.3. The zero-order chi connectivity index (χ0) is 77.6. The van der Waals surface area contributed by atoms with Gasteiger partial charge >= 0.3 is 39.5 Å². The third kappa shape index (κ3) is 80.1. The number of hydrogen-bond donors (Lipinski definition) is 3. The van der Waals surface area contributed by atoms with Crippen LogP contribution in [0.15, 0.2) is 0 Å². The minimum absolute atomic E-state index is 0.108. The van der Waals surface area contributed by atoms with Gasteiger partial charge in [0.2, 0.25) is 0 Å². The molecule has 0 fully saturated rings. The van der Waals surface area contributed by atoms with Crippen LogP contribution in [0.3, 0.4) is 0 Å². The zero-order valence-electron chi connectivity index (χ0n) is 69.6. The van der Waals surface area contributed by atoms with Gasteiger partial charge in [-0.05, 0) is 31.6 Å². The lowest BCUT2D eigenvalue weighted by Crippen LogP contribution is -2.30. The van der Waals surface area contributed by atoms with E-state index in [1.165, 1.54) is 295 Å². The summed E-state index contributed by atoms with van der Waals surface area (Å²) in [5.41, 5.74) is 0. The molecule has 2 unspecified atom stereocenters. The van der Waals surface area contributed by atoms with Crippen molar-refractivity contribution in [2.45, 2.75) is 490 Å². The Balaban J connectivity index is 5.23. The molecule has 5 atom stereocenters. The van der Waals surface area contributed by atoms with E-state index in [1.807, 2.05) is 0 Å². The first kappa shape index (κ1) is 104. The molecular formula is C87H170O17P2. The van der Waals surface area contributed by atoms with Crippen molar-refractivity contribution < 1.29 is 80.2 Å². The normalized spacial score (nSPS) is 13.7. The van der Waals surface area contributed by atoms with Gasteiger partial charge in [-0.1, -0.05) is 420 Å². The number of rotatable bonds is 87. The summed E-state index contributed by atoms with van der Waals surface area (Å²) in [6.45, 7) is 7.34. The van der Waals surface area contributed by atoms with E-state index < -0.39 is 97.5 Å². The van der Waals surface area contributed by atoms with Gasteiger partial charge in [0.1, 0.15) is 19.3 Å². The average Bonchev–Trinajstić information content (AvgIpc) is 0.904. The van der Waals surface area contributed by atoms with Gasteiger partial charge in [-0.15, -0.1) is 0 Å². The highest BCUT2D eigenvalue weighted by atomic mass is 31.2. The molecule has 3 N–H and O–H groups in total. The van der Waals surface area contributed by atoms with E-state index >= 15 is 0 Å². The number of unbranched alkanes of at least 4 members (excludes halogenated alkanes) is 59. The first-order valence-corrected chi connectivity index (χ1v) is 48.1. The van der Waals surface area contributed by atoms with Gasteiger partial charge in [0.05, 0.1) is 26.4 Å². The molecule has 0 rings (SSSR count). The van der Waals surface area contributed by atoms with Crippen molar-refractivity contribution >= 4 is 39.5 Å². The van der Waals surface area contributed by atoms with Crippen molar-refractivity contribution in [3.8, 4) is 0 Å². The van der Waals surface area contributed by atoms with Crippen molar-refractivity contribution in [2.75, 3.05) is 39.6 Å². The Morgan fingerprint density at radius 2 is 0.434 bits per heavy atom. The fourth-order valence-electron chi connectivity index (χ4n) is 13.6. The van der Waals surface area contributed by atoms with Gasteiger partial charge in [0.25, 0.3) is 0 Å². The first-order chi connectivity index (χ1) is 51.5.